The highest BCUT2D eigenvalue weighted by molar-refractivity contribution is 8.24. The van der Waals surface area contributed by atoms with E-state index in [9.17, 15) is 0 Å². The molecule has 0 bridgehead atoms. The van der Waals surface area contributed by atoms with Crippen molar-refractivity contribution in [1.82, 2.24) is 0 Å². The highest BCUT2D eigenvalue weighted by Crippen LogP contribution is 2.28. The zero-order valence-electron chi connectivity index (χ0n) is 6.47. The lowest BCUT2D eigenvalue weighted by atomic mass is 10.1. The molecule has 0 aromatic rings. The van der Waals surface area contributed by atoms with Gasteiger partial charge in [-0.3, -0.25) is 0 Å². The Balaban J connectivity index is 4.10. The average Bonchev–Trinajstić information content (AvgIpc) is 1.87. The zero-order chi connectivity index (χ0) is 8.20. The highest BCUT2D eigenvalue weighted by Gasteiger charge is 2.22. The summed E-state index contributed by atoms with van der Waals surface area (Å²) in [5, 5.41) is 8.70. The minimum absolute atomic E-state index is 0.314. The molecule has 56 valence electrons. The molecule has 0 aliphatic rings. The van der Waals surface area contributed by atoms with Crippen LogP contribution in [0.3, 0.4) is 0 Å². The van der Waals surface area contributed by atoms with E-state index >= 15 is 0 Å². The molecular formula is C7H11NS2. The third-order valence-corrected chi connectivity index (χ3v) is 2.65. The monoisotopic (exact) mass is 173 g/mol. The summed E-state index contributed by atoms with van der Waals surface area (Å²) >= 11 is 6.36. The van der Waals surface area contributed by atoms with E-state index in [0.29, 0.717) is 0 Å². The first-order valence-corrected chi connectivity index (χ1v) is 4.37. The number of nitriles is 1. The van der Waals surface area contributed by atoms with Crippen molar-refractivity contribution in [2.45, 2.75) is 31.9 Å². The molecule has 0 saturated carbocycles. The summed E-state index contributed by atoms with van der Waals surface area (Å²) in [4.78, 5) is 0. The van der Waals surface area contributed by atoms with Crippen molar-refractivity contribution in [3.8, 4) is 6.07 Å². The Morgan fingerprint density at radius 1 is 1.80 bits per heavy atom. The van der Waals surface area contributed by atoms with E-state index < -0.39 is 0 Å². The number of hydrogen-bond donors (Lipinski definition) is 0. The van der Waals surface area contributed by atoms with Gasteiger partial charge >= 0.3 is 0 Å². The summed E-state index contributed by atoms with van der Waals surface area (Å²) in [7, 11) is 0. The second-order valence-corrected chi connectivity index (χ2v) is 4.88. The summed E-state index contributed by atoms with van der Waals surface area (Å²) in [6, 6.07) is 2.23. The molecule has 3 heteroatoms. The Morgan fingerprint density at radius 2 is 2.30 bits per heavy atom. The summed E-state index contributed by atoms with van der Waals surface area (Å²) < 4.78 is 0.525. The quantitative estimate of drug-likeness (QED) is 0.600. The molecule has 0 aliphatic heterocycles. The van der Waals surface area contributed by atoms with Crippen molar-refractivity contribution in [1.29, 1.82) is 5.26 Å². The topological polar surface area (TPSA) is 23.8 Å². The van der Waals surface area contributed by atoms with Crippen LogP contribution in [0.15, 0.2) is 0 Å². The summed E-state index contributed by atoms with van der Waals surface area (Å²) in [6.07, 6.45) is 0.835. The smallest absolute Gasteiger partial charge is 0.104 e. The molecule has 1 nitrogen and oxygen atoms in total. The molecule has 0 saturated heterocycles. The largest absolute Gasteiger partial charge is 0.197 e. The normalized spacial score (nSPS) is 15.4. The molecule has 1 atom stereocenters. The fourth-order valence-corrected chi connectivity index (χ4v) is 1.87. The van der Waals surface area contributed by atoms with Crippen molar-refractivity contribution >= 4 is 28.2 Å². The fourth-order valence-electron chi connectivity index (χ4n) is 0.491. The number of thioether (sulfide) groups is 1. The number of thiocarbonyl (C=S) groups is 1. The first-order chi connectivity index (χ1) is 4.54. The Morgan fingerprint density at radius 3 is 2.40 bits per heavy atom. The van der Waals surface area contributed by atoms with Crippen molar-refractivity contribution in [2.24, 2.45) is 0 Å². The van der Waals surface area contributed by atoms with Gasteiger partial charge in [0.15, 0.2) is 0 Å². The van der Waals surface area contributed by atoms with Crippen LogP contribution in [0.5, 0.6) is 0 Å². The molecule has 0 N–H and O–H groups in total. The number of hydrogen-bond acceptors (Lipinski definition) is 3. The van der Waals surface area contributed by atoms with E-state index in [-0.39, 0.29) is 4.75 Å². The lowest BCUT2D eigenvalue weighted by Gasteiger charge is -2.16. The molecule has 0 aliphatic carbocycles. The van der Waals surface area contributed by atoms with Gasteiger partial charge in [-0.2, -0.15) is 5.26 Å². The van der Waals surface area contributed by atoms with E-state index in [0.717, 1.165) is 10.6 Å². The van der Waals surface area contributed by atoms with Crippen molar-refractivity contribution < 1.29 is 0 Å². The summed E-state index contributed by atoms with van der Waals surface area (Å²) in [5.41, 5.74) is 0. The first-order valence-electron chi connectivity index (χ1n) is 3.15. The van der Waals surface area contributed by atoms with Gasteiger partial charge in [-0.1, -0.05) is 30.9 Å². The maximum Gasteiger partial charge on any atom is 0.104 e. The molecule has 0 radical (unpaired) electrons. The standard InChI is InChI=1S/C7H11NS2/c1-4-7(3,5-8)10-6(2)9/h4H2,1-3H3. The van der Waals surface area contributed by atoms with Gasteiger partial charge in [-0.05, 0) is 20.3 Å². The minimum atomic E-state index is -0.314. The van der Waals surface area contributed by atoms with Gasteiger partial charge in [-0.25, -0.2) is 0 Å². The van der Waals surface area contributed by atoms with Crippen LogP contribution in [0.1, 0.15) is 27.2 Å². The fraction of sp³-hybridized carbons (Fsp3) is 0.714. The van der Waals surface area contributed by atoms with Crippen LogP contribution in [0.2, 0.25) is 0 Å². The first kappa shape index (κ1) is 9.93. The van der Waals surface area contributed by atoms with E-state index in [1.807, 2.05) is 20.8 Å². The van der Waals surface area contributed by atoms with Crippen LogP contribution in [0, 0.1) is 11.3 Å². The maximum absolute atomic E-state index is 8.70. The van der Waals surface area contributed by atoms with Gasteiger partial charge in [-0.15, -0.1) is 0 Å². The average molecular weight is 173 g/mol. The second-order valence-electron chi connectivity index (χ2n) is 2.29. The van der Waals surface area contributed by atoms with Crippen LogP contribution in [-0.2, 0) is 0 Å². The van der Waals surface area contributed by atoms with Crippen molar-refractivity contribution in [2.75, 3.05) is 0 Å². The van der Waals surface area contributed by atoms with E-state index in [4.69, 9.17) is 17.5 Å². The summed E-state index contributed by atoms with van der Waals surface area (Å²) in [5.74, 6) is 0. The van der Waals surface area contributed by atoms with E-state index in [1.54, 1.807) is 0 Å². The Kier molecular flexibility index (Phi) is 3.92. The Hall–Kier alpha value is -0.0700. The van der Waals surface area contributed by atoms with Gasteiger partial charge in [0.05, 0.1) is 6.07 Å². The van der Waals surface area contributed by atoms with Crippen LogP contribution < -0.4 is 0 Å². The molecule has 0 rings (SSSR count). The SMILES string of the molecule is CCC(C)(C#N)SC(C)=S. The van der Waals surface area contributed by atoms with Gasteiger partial charge in [0.2, 0.25) is 0 Å². The van der Waals surface area contributed by atoms with Crippen LogP contribution in [0.25, 0.3) is 0 Å². The van der Waals surface area contributed by atoms with E-state index in [1.165, 1.54) is 11.8 Å². The second kappa shape index (κ2) is 3.95. The zero-order valence-corrected chi connectivity index (χ0v) is 8.10. The van der Waals surface area contributed by atoms with E-state index in [2.05, 4.69) is 6.07 Å². The minimum Gasteiger partial charge on any atom is -0.197 e. The van der Waals surface area contributed by atoms with Crippen molar-refractivity contribution in [3.05, 3.63) is 0 Å². The van der Waals surface area contributed by atoms with Gasteiger partial charge in [0, 0.05) is 4.20 Å². The predicted molar refractivity (Wildman–Crippen MR) is 50.2 cm³/mol. The Bertz CT molecular complexity index is 171. The Labute approximate surface area is 71.8 Å². The highest BCUT2D eigenvalue weighted by atomic mass is 32.2. The molecular weight excluding hydrogens is 162 g/mol. The third-order valence-electron chi connectivity index (χ3n) is 1.28. The lowest BCUT2D eigenvalue weighted by Crippen LogP contribution is -2.16. The molecule has 0 heterocycles. The lowest BCUT2D eigenvalue weighted by molar-refractivity contribution is 0.773. The molecule has 10 heavy (non-hydrogen) atoms. The van der Waals surface area contributed by atoms with Crippen LogP contribution in [-0.4, -0.2) is 8.94 Å². The van der Waals surface area contributed by atoms with Crippen LogP contribution >= 0.6 is 24.0 Å². The van der Waals surface area contributed by atoms with Gasteiger partial charge < -0.3 is 0 Å². The third kappa shape index (κ3) is 3.19. The number of rotatable bonds is 2. The molecule has 0 spiro atoms. The summed E-state index contributed by atoms with van der Waals surface area (Å²) in [6.45, 7) is 5.76. The van der Waals surface area contributed by atoms with Gasteiger partial charge in [0.1, 0.15) is 4.75 Å². The predicted octanol–water partition coefficient (Wildman–Crippen LogP) is 2.76. The maximum atomic E-state index is 8.70. The molecule has 0 aromatic heterocycles. The van der Waals surface area contributed by atoms with Crippen LogP contribution in [0.4, 0.5) is 0 Å². The molecule has 0 amide bonds. The van der Waals surface area contributed by atoms with Gasteiger partial charge in [0.25, 0.3) is 0 Å². The van der Waals surface area contributed by atoms with Crippen molar-refractivity contribution in [3.63, 3.8) is 0 Å². The molecule has 0 fully saturated rings. The number of nitrogens with zero attached hydrogens (tertiary/aromatic N) is 1. The molecule has 0 aromatic carbocycles. The molecule has 1 unspecified atom stereocenters.